The first-order valence-electron chi connectivity index (χ1n) is 5.71. The van der Waals surface area contributed by atoms with E-state index in [1.807, 2.05) is 24.4 Å². The predicted molar refractivity (Wildman–Crippen MR) is 72.1 cm³/mol. The van der Waals surface area contributed by atoms with Crippen LogP contribution >= 0.6 is 0 Å². The van der Waals surface area contributed by atoms with E-state index in [0.29, 0.717) is 0 Å². The Kier molecular flexibility index (Phi) is 3.92. The summed E-state index contributed by atoms with van der Waals surface area (Å²) in [5.41, 5.74) is 6.64. The number of nitrogens with one attached hydrogen (secondary N) is 1. The van der Waals surface area contributed by atoms with E-state index in [9.17, 15) is 0 Å². The van der Waals surface area contributed by atoms with E-state index in [4.69, 9.17) is 0 Å². The first kappa shape index (κ1) is 11.4. The quantitative estimate of drug-likeness (QED) is 0.626. The van der Waals surface area contributed by atoms with E-state index in [1.54, 1.807) is 0 Å². The Labute approximate surface area is 102 Å². The maximum absolute atomic E-state index is 4.19. The fourth-order valence-electron chi connectivity index (χ4n) is 1.51. The Morgan fingerprint density at radius 1 is 1.00 bits per heavy atom. The molecule has 0 aliphatic rings. The molecule has 86 valence electrons. The lowest BCUT2D eigenvalue weighted by Crippen LogP contribution is -2.05. The van der Waals surface area contributed by atoms with E-state index in [1.165, 1.54) is 11.1 Å². The molecule has 2 heteroatoms. The average Bonchev–Trinajstić information content (AvgIpc) is 2.38. The second kappa shape index (κ2) is 5.85. The van der Waals surface area contributed by atoms with Gasteiger partial charge in [-0.1, -0.05) is 60.2 Å². The molecule has 0 atom stereocenters. The van der Waals surface area contributed by atoms with Crippen LogP contribution in [-0.4, -0.2) is 6.21 Å². The second-order valence-electron chi connectivity index (χ2n) is 3.99. The Bertz CT molecular complexity index is 472. The van der Waals surface area contributed by atoms with Gasteiger partial charge in [-0.2, -0.15) is 5.10 Å². The van der Waals surface area contributed by atoms with Crippen LogP contribution in [0.15, 0.2) is 59.7 Å². The van der Waals surface area contributed by atoms with Crippen molar-refractivity contribution in [3.8, 4) is 0 Å². The third-order valence-electron chi connectivity index (χ3n) is 2.51. The molecule has 0 saturated carbocycles. The average molecular weight is 224 g/mol. The zero-order valence-electron chi connectivity index (χ0n) is 9.93. The fraction of sp³-hybridized carbons (Fsp3) is 0.133. The minimum atomic E-state index is 0.753. The number of aryl methyl sites for hydroxylation is 1. The van der Waals surface area contributed by atoms with Gasteiger partial charge in [0.15, 0.2) is 0 Å². The molecule has 2 nitrogen and oxygen atoms in total. The molecule has 0 radical (unpaired) electrons. The Balaban J connectivity index is 1.84. The van der Waals surface area contributed by atoms with Gasteiger partial charge >= 0.3 is 0 Å². The van der Waals surface area contributed by atoms with Gasteiger partial charge in [-0.3, -0.25) is 0 Å². The minimum absolute atomic E-state index is 0.753. The molecule has 17 heavy (non-hydrogen) atoms. The molecule has 1 N–H and O–H groups in total. The van der Waals surface area contributed by atoms with Crippen LogP contribution in [0.2, 0.25) is 0 Å². The summed E-state index contributed by atoms with van der Waals surface area (Å²) in [6.07, 6.45) is 1.84. The number of hydrogen-bond acceptors (Lipinski definition) is 2. The smallest absolute Gasteiger partial charge is 0.0580 e. The normalized spacial score (nSPS) is 10.6. The number of nitrogens with zero attached hydrogens (tertiary/aromatic N) is 1. The van der Waals surface area contributed by atoms with Crippen molar-refractivity contribution < 1.29 is 0 Å². The van der Waals surface area contributed by atoms with Crippen molar-refractivity contribution in [2.45, 2.75) is 13.5 Å². The van der Waals surface area contributed by atoms with Gasteiger partial charge in [-0.25, -0.2) is 0 Å². The van der Waals surface area contributed by atoms with Gasteiger partial charge in [-0.05, 0) is 18.1 Å². The maximum Gasteiger partial charge on any atom is 0.0580 e. The first-order chi connectivity index (χ1) is 8.34. The molecule has 0 spiro atoms. The summed E-state index contributed by atoms with van der Waals surface area (Å²) in [4.78, 5) is 0. The predicted octanol–water partition coefficient (Wildman–Crippen LogP) is 3.12. The lowest BCUT2D eigenvalue weighted by molar-refractivity contribution is 0.748. The molecular weight excluding hydrogens is 208 g/mol. The van der Waals surface area contributed by atoms with Crippen molar-refractivity contribution in [1.29, 1.82) is 0 Å². The van der Waals surface area contributed by atoms with Crippen LogP contribution < -0.4 is 5.43 Å². The largest absolute Gasteiger partial charge is 0.306 e. The van der Waals surface area contributed by atoms with Gasteiger partial charge in [0.25, 0.3) is 0 Å². The standard InChI is InChI=1S/C15H16N2/c1-13-7-9-15(10-8-13)12-17-16-11-14-5-3-2-4-6-14/h2-10,12,16H,11H2,1H3. The lowest BCUT2D eigenvalue weighted by Gasteiger charge is -2.00. The van der Waals surface area contributed by atoms with Gasteiger partial charge in [0, 0.05) is 0 Å². The van der Waals surface area contributed by atoms with Gasteiger partial charge in [-0.15, -0.1) is 0 Å². The highest BCUT2D eigenvalue weighted by Crippen LogP contribution is 2.00. The van der Waals surface area contributed by atoms with E-state index in [0.717, 1.165) is 12.1 Å². The molecule has 0 heterocycles. The molecule has 0 amide bonds. The zero-order chi connectivity index (χ0) is 11.9. The van der Waals surface area contributed by atoms with Gasteiger partial charge in [0.2, 0.25) is 0 Å². The zero-order valence-corrected chi connectivity index (χ0v) is 9.93. The van der Waals surface area contributed by atoms with Crippen LogP contribution in [0.25, 0.3) is 0 Å². The Hall–Kier alpha value is -2.09. The molecule has 0 bridgehead atoms. The van der Waals surface area contributed by atoms with Crippen LogP contribution in [0.5, 0.6) is 0 Å². The van der Waals surface area contributed by atoms with E-state index in [2.05, 4.69) is 53.8 Å². The van der Waals surface area contributed by atoms with E-state index >= 15 is 0 Å². The first-order valence-corrected chi connectivity index (χ1v) is 5.71. The molecule has 0 aliphatic heterocycles. The Morgan fingerprint density at radius 3 is 2.41 bits per heavy atom. The number of rotatable bonds is 4. The summed E-state index contributed by atoms with van der Waals surface area (Å²) in [6, 6.07) is 18.5. The van der Waals surface area contributed by atoms with Crippen molar-refractivity contribution in [2.75, 3.05) is 0 Å². The molecule has 2 rings (SSSR count). The van der Waals surface area contributed by atoms with Gasteiger partial charge in [0.1, 0.15) is 0 Å². The van der Waals surface area contributed by atoms with Gasteiger partial charge < -0.3 is 5.43 Å². The van der Waals surface area contributed by atoms with Crippen molar-refractivity contribution in [2.24, 2.45) is 5.10 Å². The molecule has 0 saturated heterocycles. The number of benzene rings is 2. The molecule has 0 aromatic heterocycles. The summed E-state index contributed by atoms with van der Waals surface area (Å²) in [7, 11) is 0. The van der Waals surface area contributed by atoms with Crippen LogP contribution in [0.4, 0.5) is 0 Å². The van der Waals surface area contributed by atoms with E-state index in [-0.39, 0.29) is 0 Å². The SMILES string of the molecule is Cc1ccc(C=NNCc2ccccc2)cc1. The highest BCUT2D eigenvalue weighted by molar-refractivity contribution is 5.79. The summed E-state index contributed by atoms with van der Waals surface area (Å²) < 4.78 is 0. The number of hydrogen-bond donors (Lipinski definition) is 1. The summed E-state index contributed by atoms with van der Waals surface area (Å²) in [5, 5.41) is 4.19. The highest BCUT2D eigenvalue weighted by atomic mass is 15.3. The van der Waals surface area contributed by atoms with Crippen LogP contribution in [0.3, 0.4) is 0 Å². The highest BCUT2D eigenvalue weighted by Gasteiger charge is 1.88. The van der Waals surface area contributed by atoms with Crippen LogP contribution in [0, 0.1) is 6.92 Å². The molecule has 0 aliphatic carbocycles. The van der Waals surface area contributed by atoms with Crippen LogP contribution in [0.1, 0.15) is 16.7 Å². The third-order valence-corrected chi connectivity index (χ3v) is 2.51. The lowest BCUT2D eigenvalue weighted by atomic mass is 10.2. The van der Waals surface area contributed by atoms with Crippen molar-refractivity contribution in [3.05, 3.63) is 71.3 Å². The minimum Gasteiger partial charge on any atom is -0.306 e. The molecule has 2 aromatic rings. The van der Waals surface area contributed by atoms with Gasteiger partial charge in [0.05, 0.1) is 12.8 Å². The van der Waals surface area contributed by atoms with Crippen molar-refractivity contribution >= 4 is 6.21 Å². The summed E-state index contributed by atoms with van der Waals surface area (Å²) >= 11 is 0. The molecule has 2 aromatic carbocycles. The topological polar surface area (TPSA) is 24.4 Å². The summed E-state index contributed by atoms with van der Waals surface area (Å²) in [5.74, 6) is 0. The van der Waals surface area contributed by atoms with Crippen molar-refractivity contribution in [1.82, 2.24) is 5.43 Å². The van der Waals surface area contributed by atoms with Crippen LogP contribution in [-0.2, 0) is 6.54 Å². The fourth-order valence-corrected chi connectivity index (χ4v) is 1.51. The molecule has 0 fully saturated rings. The Morgan fingerprint density at radius 2 is 1.71 bits per heavy atom. The van der Waals surface area contributed by atoms with Crippen molar-refractivity contribution in [3.63, 3.8) is 0 Å². The summed E-state index contributed by atoms with van der Waals surface area (Å²) in [6.45, 7) is 2.83. The molecule has 0 unspecified atom stereocenters. The third kappa shape index (κ3) is 3.76. The maximum atomic E-state index is 4.19. The second-order valence-corrected chi connectivity index (χ2v) is 3.99. The molecular formula is C15H16N2. The monoisotopic (exact) mass is 224 g/mol. The van der Waals surface area contributed by atoms with E-state index < -0.39 is 0 Å². The number of hydrazone groups is 1.